The van der Waals surface area contributed by atoms with E-state index >= 15 is 0 Å². The van der Waals surface area contributed by atoms with Gasteiger partial charge in [0.2, 0.25) is 0 Å². The van der Waals surface area contributed by atoms with Crippen LogP contribution in [0.15, 0.2) is 0 Å². The van der Waals surface area contributed by atoms with Crippen molar-refractivity contribution in [3.05, 3.63) is 0 Å². The van der Waals surface area contributed by atoms with Crippen molar-refractivity contribution in [1.82, 2.24) is 0 Å². The van der Waals surface area contributed by atoms with Crippen molar-refractivity contribution in [1.29, 1.82) is 0 Å². The summed E-state index contributed by atoms with van der Waals surface area (Å²) in [6.07, 6.45) is 21.8. The molecule has 0 fully saturated rings. The molecule has 23 heavy (non-hydrogen) atoms. The molecule has 0 aromatic heterocycles. The Balaban J connectivity index is 2.97. The Hall–Kier alpha value is -0.0800. The first-order chi connectivity index (χ1) is 11.3. The highest BCUT2D eigenvalue weighted by atomic mass is 16.6. The lowest BCUT2D eigenvalue weighted by molar-refractivity contribution is -0.141. The van der Waals surface area contributed by atoms with E-state index < -0.39 is 6.29 Å². The largest absolute Gasteiger partial charge is 0.350 e. The SMILES string of the molecule is CCCCCCCCCCCCCCCCCCOC([O])CC. The van der Waals surface area contributed by atoms with Crippen LogP contribution >= 0.6 is 0 Å². The second-order valence-electron chi connectivity index (χ2n) is 7.01. The molecule has 1 radical (unpaired) electrons. The first kappa shape index (κ1) is 22.9. The zero-order valence-electron chi connectivity index (χ0n) is 16.1. The Morgan fingerprint density at radius 1 is 0.565 bits per heavy atom. The van der Waals surface area contributed by atoms with E-state index in [-0.39, 0.29) is 0 Å². The monoisotopic (exact) mass is 327 g/mol. The third-order valence-electron chi connectivity index (χ3n) is 4.63. The van der Waals surface area contributed by atoms with E-state index in [1.54, 1.807) is 0 Å². The molecule has 0 aliphatic heterocycles. The van der Waals surface area contributed by atoms with Gasteiger partial charge < -0.3 is 4.74 Å². The van der Waals surface area contributed by atoms with Crippen LogP contribution < -0.4 is 0 Å². The zero-order valence-corrected chi connectivity index (χ0v) is 16.1. The van der Waals surface area contributed by atoms with Gasteiger partial charge in [-0.15, -0.1) is 0 Å². The van der Waals surface area contributed by atoms with Crippen LogP contribution in [0.2, 0.25) is 0 Å². The molecule has 2 heteroatoms. The van der Waals surface area contributed by atoms with Gasteiger partial charge in [0, 0.05) is 6.61 Å². The molecular formula is C21H43O2. The molecule has 0 heterocycles. The van der Waals surface area contributed by atoms with E-state index in [0.717, 1.165) is 6.42 Å². The van der Waals surface area contributed by atoms with Crippen LogP contribution in [0.5, 0.6) is 0 Å². The van der Waals surface area contributed by atoms with Crippen LogP contribution in [0.4, 0.5) is 0 Å². The Labute approximate surface area is 146 Å². The maximum absolute atomic E-state index is 11.0. The minimum Gasteiger partial charge on any atom is -0.350 e. The molecule has 0 spiro atoms. The van der Waals surface area contributed by atoms with Crippen molar-refractivity contribution >= 4 is 0 Å². The Morgan fingerprint density at radius 2 is 0.913 bits per heavy atom. The number of ether oxygens (including phenoxy) is 1. The van der Waals surface area contributed by atoms with Gasteiger partial charge in [-0.1, -0.05) is 110 Å². The second kappa shape index (κ2) is 20.0. The minimum absolute atomic E-state index is 0.582. The summed E-state index contributed by atoms with van der Waals surface area (Å²) < 4.78 is 5.15. The van der Waals surface area contributed by atoms with E-state index in [9.17, 15) is 5.11 Å². The third-order valence-corrected chi connectivity index (χ3v) is 4.63. The summed E-state index contributed by atoms with van der Waals surface area (Å²) in [5.41, 5.74) is 0. The first-order valence-electron chi connectivity index (χ1n) is 10.6. The number of hydrogen-bond acceptors (Lipinski definition) is 1. The average Bonchev–Trinajstić information content (AvgIpc) is 2.57. The molecule has 2 nitrogen and oxygen atoms in total. The molecule has 0 aliphatic rings. The molecule has 0 rings (SSSR count). The highest BCUT2D eigenvalue weighted by Crippen LogP contribution is 2.13. The molecule has 0 saturated heterocycles. The molecule has 0 amide bonds. The zero-order chi connectivity index (χ0) is 17.0. The topological polar surface area (TPSA) is 29.1 Å². The summed E-state index contributed by atoms with van der Waals surface area (Å²) in [5.74, 6) is 0. The van der Waals surface area contributed by atoms with E-state index in [1.165, 1.54) is 96.3 Å². The summed E-state index contributed by atoms with van der Waals surface area (Å²) in [5, 5.41) is 11.0. The van der Waals surface area contributed by atoms with Crippen molar-refractivity contribution in [2.24, 2.45) is 0 Å². The minimum atomic E-state index is -0.800. The lowest BCUT2D eigenvalue weighted by Crippen LogP contribution is -2.09. The Bertz CT molecular complexity index is 206. The van der Waals surface area contributed by atoms with E-state index in [4.69, 9.17) is 4.74 Å². The molecule has 1 atom stereocenters. The molecule has 0 aliphatic carbocycles. The standard InChI is InChI=1S/C21H43O2/c1-3-5-6-7-8-9-10-11-12-13-14-15-16-17-18-19-20-23-21(22)4-2/h21H,3-20H2,1-2H3. The van der Waals surface area contributed by atoms with Crippen LogP contribution in [0.25, 0.3) is 0 Å². The summed E-state index contributed by atoms with van der Waals surface area (Å²) in [6.45, 7) is 4.82. The van der Waals surface area contributed by atoms with Gasteiger partial charge in [-0.2, -0.15) is 0 Å². The van der Waals surface area contributed by atoms with Gasteiger partial charge in [-0.3, -0.25) is 0 Å². The van der Waals surface area contributed by atoms with Gasteiger partial charge in [0.15, 0.2) is 6.29 Å². The molecule has 0 saturated carbocycles. The van der Waals surface area contributed by atoms with Crippen LogP contribution in [0, 0.1) is 0 Å². The highest BCUT2D eigenvalue weighted by Gasteiger charge is 2.00. The molecule has 0 aromatic carbocycles. The molecule has 1 unspecified atom stereocenters. The first-order valence-corrected chi connectivity index (χ1v) is 10.6. The van der Waals surface area contributed by atoms with E-state index in [1.807, 2.05) is 6.92 Å². The average molecular weight is 328 g/mol. The van der Waals surface area contributed by atoms with Crippen LogP contribution in [-0.4, -0.2) is 12.9 Å². The van der Waals surface area contributed by atoms with Crippen molar-refractivity contribution in [3.63, 3.8) is 0 Å². The van der Waals surface area contributed by atoms with Crippen molar-refractivity contribution in [3.8, 4) is 0 Å². The summed E-state index contributed by atoms with van der Waals surface area (Å²) in [4.78, 5) is 0. The maximum Gasteiger partial charge on any atom is 0.191 e. The Morgan fingerprint density at radius 3 is 1.26 bits per heavy atom. The van der Waals surface area contributed by atoms with Gasteiger partial charge >= 0.3 is 0 Å². The van der Waals surface area contributed by atoms with Crippen molar-refractivity contribution in [2.75, 3.05) is 6.61 Å². The van der Waals surface area contributed by atoms with Crippen LogP contribution in [0.1, 0.15) is 123 Å². The van der Waals surface area contributed by atoms with Gasteiger partial charge in [0.1, 0.15) is 0 Å². The molecule has 0 aromatic rings. The predicted octanol–water partition coefficient (Wildman–Crippen LogP) is 7.43. The lowest BCUT2D eigenvalue weighted by atomic mass is 10.0. The molecule has 0 bridgehead atoms. The van der Waals surface area contributed by atoms with Crippen LogP contribution in [-0.2, 0) is 9.84 Å². The van der Waals surface area contributed by atoms with E-state index in [2.05, 4.69) is 6.92 Å². The fourth-order valence-electron chi connectivity index (χ4n) is 2.98. The highest BCUT2D eigenvalue weighted by molar-refractivity contribution is 4.50. The summed E-state index contributed by atoms with van der Waals surface area (Å²) >= 11 is 0. The third kappa shape index (κ3) is 19.9. The second-order valence-corrected chi connectivity index (χ2v) is 7.01. The van der Waals surface area contributed by atoms with Gasteiger partial charge in [0.05, 0.1) is 0 Å². The number of hydrogen-bond donors (Lipinski definition) is 0. The van der Waals surface area contributed by atoms with Crippen LogP contribution in [0.3, 0.4) is 0 Å². The predicted molar refractivity (Wildman–Crippen MR) is 100 cm³/mol. The molecule has 139 valence electrons. The quantitative estimate of drug-likeness (QED) is 0.179. The summed E-state index contributed by atoms with van der Waals surface area (Å²) in [6, 6.07) is 0. The smallest absolute Gasteiger partial charge is 0.191 e. The Kier molecular flexibility index (Phi) is 19.9. The van der Waals surface area contributed by atoms with E-state index in [0.29, 0.717) is 13.0 Å². The van der Waals surface area contributed by atoms with Crippen molar-refractivity contribution < 1.29 is 9.84 Å². The normalized spacial score (nSPS) is 12.7. The molecule has 0 N–H and O–H groups in total. The fourth-order valence-corrected chi connectivity index (χ4v) is 2.98. The number of unbranched alkanes of at least 4 members (excludes halogenated alkanes) is 15. The lowest BCUT2D eigenvalue weighted by Gasteiger charge is -2.07. The van der Waals surface area contributed by atoms with Gasteiger partial charge in [0.25, 0.3) is 0 Å². The molecular weight excluding hydrogens is 284 g/mol. The van der Waals surface area contributed by atoms with Crippen molar-refractivity contribution in [2.45, 2.75) is 129 Å². The van der Waals surface area contributed by atoms with Gasteiger partial charge in [-0.05, 0) is 12.8 Å². The number of rotatable bonds is 19. The fraction of sp³-hybridized carbons (Fsp3) is 1.00. The maximum atomic E-state index is 11.0. The summed E-state index contributed by atoms with van der Waals surface area (Å²) in [7, 11) is 0. The van der Waals surface area contributed by atoms with Gasteiger partial charge in [-0.25, -0.2) is 5.11 Å².